The van der Waals surface area contributed by atoms with E-state index in [0.29, 0.717) is 47.8 Å². The average Bonchev–Trinajstić information content (AvgIpc) is 3.18. The van der Waals surface area contributed by atoms with Gasteiger partial charge in [0.2, 0.25) is 11.8 Å². The lowest BCUT2D eigenvalue weighted by Crippen LogP contribution is -2.49. The summed E-state index contributed by atoms with van der Waals surface area (Å²) in [7, 11) is 4.99. The molecule has 0 aliphatic carbocycles. The molecule has 1 atom stereocenters. The van der Waals surface area contributed by atoms with E-state index in [1.165, 1.54) is 37.2 Å². The number of nitrogens with zero attached hydrogens (tertiary/aromatic N) is 2. The third-order valence-electron chi connectivity index (χ3n) is 9.16. The smallest absolute Gasteiger partial charge is 0.416 e. The molecule has 0 saturated carbocycles. The highest BCUT2D eigenvalue weighted by molar-refractivity contribution is 6.06. The van der Waals surface area contributed by atoms with E-state index in [0.717, 1.165) is 42.3 Å². The van der Waals surface area contributed by atoms with E-state index in [-0.39, 0.29) is 48.7 Å². The van der Waals surface area contributed by atoms with Crippen LogP contribution in [0.1, 0.15) is 55.9 Å². The molecule has 1 aliphatic heterocycles. The first-order valence-electron chi connectivity index (χ1n) is 17.8. The predicted molar refractivity (Wildman–Crippen MR) is 205 cm³/mol. The zero-order valence-electron chi connectivity index (χ0n) is 31.2. The van der Waals surface area contributed by atoms with Gasteiger partial charge < -0.3 is 35.3 Å². The third-order valence-corrected chi connectivity index (χ3v) is 9.16. The highest BCUT2D eigenvalue weighted by Gasteiger charge is 2.30. The van der Waals surface area contributed by atoms with Crippen molar-refractivity contribution in [3.05, 3.63) is 101 Å². The Morgan fingerprint density at radius 2 is 1.64 bits per heavy atom. The molecule has 1 fully saturated rings. The second kappa shape index (κ2) is 20.0. The number of anilines is 1. The number of nitrogens with one attached hydrogen (secondary N) is 3. The van der Waals surface area contributed by atoms with E-state index in [1.807, 2.05) is 13.1 Å². The Balaban J connectivity index is 0.000000264. The predicted octanol–water partition coefficient (Wildman–Crippen LogP) is 5.61. The molecule has 56 heavy (non-hydrogen) atoms. The molecule has 296 valence electrons. The SMILES string of the molecule is CNC(=O)CCC(C=O)N(C)C(=O)c1c(C=O)cccc1NCCC(=O)NCC1CN(C)C1.O=Cc1ccc2c(Oc3ccc(C(F)(F)F)cc3)cccc2c1. The van der Waals surface area contributed by atoms with Crippen LogP contribution in [0.3, 0.4) is 0 Å². The molecule has 4 aromatic carbocycles. The van der Waals surface area contributed by atoms with E-state index in [1.54, 1.807) is 42.5 Å². The summed E-state index contributed by atoms with van der Waals surface area (Å²) in [6, 6.07) is 18.9. The van der Waals surface area contributed by atoms with Crippen molar-refractivity contribution < 1.29 is 46.7 Å². The second-order valence-electron chi connectivity index (χ2n) is 13.3. The minimum atomic E-state index is -4.37. The number of carbonyl (C=O) groups excluding carboxylic acids is 6. The molecule has 1 saturated heterocycles. The van der Waals surface area contributed by atoms with Crippen molar-refractivity contribution >= 4 is 53.0 Å². The molecule has 0 bridgehead atoms. The number of hydrogen-bond donors (Lipinski definition) is 3. The molecule has 15 heteroatoms. The number of rotatable bonds is 16. The normalized spacial score (nSPS) is 13.2. The molecule has 4 aromatic rings. The summed E-state index contributed by atoms with van der Waals surface area (Å²) in [4.78, 5) is 74.2. The van der Waals surface area contributed by atoms with E-state index in [9.17, 15) is 41.9 Å². The van der Waals surface area contributed by atoms with Gasteiger partial charge in [0.1, 0.15) is 24.1 Å². The Labute approximate surface area is 322 Å². The monoisotopic (exact) mass is 775 g/mol. The molecule has 3 N–H and O–H groups in total. The summed E-state index contributed by atoms with van der Waals surface area (Å²) in [5.41, 5.74) is 0.523. The standard InChI is InChI=1S/C23H33N5O5.C18H11F3O2/c1-24-20(31)8-7-18(15-30)28(3)23(33)22-17(14-29)5-4-6-19(22)25-10-9-21(32)26-11-16-12-27(2)13-16;19-18(20,21)14-5-7-15(8-6-14)23-17-3-1-2-13-10-12(11-22)4-9-16(13)17/h4-6,14-16,18,25H,7-13H2,1-3H3,(H,24,31)(H,26,32);1-11H. The van der Waals surface area contributed by atoms with E-state index in [4.69, 9.17) is 4.74 Å². The van der Waals surface area contributed by atoms with Crippen molar-refractivity contribution in [2.45, 2.75) is 31.5 Å². The van der Waals surface area contributed by atoms with Gasteiger partial charge in [0.25, 0.3) is 5.91 Å². The number of fused-ring (bicyclic) bond motifs is 1. The van der Waals surface area contributed by atoms with Crippen molar-refractivity contribution in [3.8, 4) is 11.5 Å². The van der Waals surface area contributed by atoms with Crippen LogP contribution < -0.4 is 20.7 Å². The van der Waals surface area contributed by atoms with Crippen LogP contribution in [-0.4, -0.2) is 99.7 Å². The Morgan fingerprint density at radius 1 is 0.929 bits per heavy atom. The summed E-state index contributed by atoms with van der Waals surface area (Å²) in [6.45, 7) is 2.86. The van der Waals surface area contributed by atoms with E-state index >= 15 is 0 Å². The number of hydrogen-bond acceptors (Lipinski definition) is 9. The number of ether oxygens (including phenoxy) is 1. The first kappa shape index (κ1) is 42.6. The number of likely N-dealkylation sites (N-methyl/N-ethyl adjacent to an activating group) is 1. The molecule has 0 aromatic heterocycles. The lowest BCUT2D eigenvalue weighted by molar-refractivity contribution is -0.137. The van der Waals surface area contributed by atoms with Gasteiger partial charge in [-0.05, 0) is 67.4 Å². The largest absolute Gasteiger partial charge is 0.457 e. The Hall–Kier alpha value is -6.09. The first-order chi connectivity index (χ1) is 26.8. The number of benzene rings is 4. The fraction of sp³-hybridized carbons (Fsp3) is 0.317. The number of amides is 3. The van der Waals surface area contributed by atoms with Crippen LogP contribution in [0.5, 0.6) is 11.5 Å². The van der Waals surface area contributed by atoms with Crippen LogP contribution in [0, 0.1) is 5.92 Å². The molecule has 3 amide bonds. The number of alkyl halides is 3. The number of likely N-dealkylation sites (tertiary alicyclic amines) is 1. The lowest BCUT2D eigenvalue weighted by Gasteiger charge is -2.36. The summed E-state index contributed by atoms with van der Waals surface area (Å²) in [5, 5.41) is 10.0. The van der Waals surface area contributed by atoms with Crippen molar-refractivity contribution in [1.29, 1.82) is 0 Å². The Bertz CT molecular complexity index is 2020. The molecule has 0 radical (unpaired) electrons. The summed E-state index contributed by atoms with van der Waals surface area (Å²) in [6.07, 6.45) is -1.97. The fourth-order valence-electron chi connectivity index (χ4n) is 6.03. The minimum Gasteiger partial charge on any atom is -0.457 e. The zero-order chi connectivity index (χ0) is 40.8. The molecule has 1 aliphatic rings. The van der Waals surface area contributed by atoms with Gasteiger partial charge in [-0.25, -0.2) is 0 Å². The summed E-state index contributed by atoms with van der Waals surface area (Å²) < 4.78 is 43.3. The maximum Gasteiger partial charge on any atom is 0.416 e. The quantitative estimate of drug-likeness (QED) is 0.123. The average molecular weight is 776 g/mol. The number of carbonyl (C=O) groups is 6. The fourth-order valence-corrected chi connectivity index (χ4v) is 6.03. The topological polar surface area (TPSA) is 154 Å². The van der Waals surface area contributed by atoms with Gasteiger partial charge in [-0.1, -0.05) is 30.3 Å². The van der Waals surface area contributed by atoms with Gasteiger partial charge in [-0.3, -0.25) is 24.0 Å². The van der Waals surface area contributed by atoms with Crippen LogP contribution in [0.25, 0.3) is 10.8 Å². The van der Waals surface area contributed by atoms with Crippen LogP contribution in [0.15, 0.2) is 78.9 Å². The van der Waals surface area contributed by atoms with Gasteiger partial charge >= 0.3 is 6.18 Å². The maximum absolute atomic E-state index is 13.2. The van der Waals surface area contributed by atoms with Gasteiger partial charge in [0.05, 0.1) is 17.2 Å². The van der Waals surface area contributed by atoms with Crippen LogP contribution in [-0.2, 0) is 20.6 Å². The summed E-state index contributed by atoms with van der Waals surface area (Å²) in [5.74, 6) is 0.451. The third kappa shape index (κ3) is 11.7. The molecule has 12 nitrogen and oxygen atoms in total. The van der Waals surface area contributed by atoms with Crippen LogP contribution in [0.2, 0.25) is 0 Å². The summed E-state index contributed by atoms with van der Waals surface area (Å²) >= 11 is 0. The lowest BCUT2D eigenvalue weighted by atomic mass is 10.0. The van der Waals surface area contributed by atoms with Gasteiger partial charge in [0.15, 0.2) is 6.29 Å². The van der Waals surface area contributed by atoms with Crippen molar-refractivity contribution in [2.75, 3.05) is 52.6 Å². The molecular formula is C41H44F3N5O7. The van der Waals surface area contributed by atoms with Crippen molar-refractivity contribution in [1.82, 2.24) is 20.4 Å². The Morgan fingerprint density at radius 3 is 2.27 bits per heavy atom. The van der Waals surface area contributed by atoms with Crippen LogP contribution >= 0.6 is 0 Å². The highest BCUT2D eigenvalue weighted by Crippen LogP contribution is 2.34. The maximum atomic E-state index is 13.2. The van der Waals surface area contributed by atoms with Gasteiger partial charge in [-0.2, -0.15) is 13.2 Å². The first-order valence-corrected chi connectivity index (χ1v) is 17.8. The molecule has 5 rings (SSSR count). The van der Waals surface area contributed by atoms with Gasteiger partial charge in [0, 0.05) is 81.2 Å². The van der Waals surface area contributed by atoms with E-state index in [2.05, 4.69) is 20.9 Å². The molecule has 1 unspecified atom stereocenters. The van der Waals surface area contributed by atoms with Crippen molar-refractivity contribution in [2.24, 2.45) is 5.92 Å². The van der Waals surface area contributed by atoms with E-state index < -0.39 is 23.7 Å². The van der Waals surface area contributed by atoms with Gasteiger partial charge in [-0.15, -0.1) is 0 Å². The molecule has 1 heterocycles. The number of halogens is 3. The molecule has 0 spiro atoms. The van der Waals surface area contributed by atoms with Crippen LogP contribution in [0.4, 0.5) is 18.9 Å². The molecular weight excluding hydrogens is 731 g/mol. The van der Waals surface area contributed by atoms with Crippen molar-refractivity contribution in [3.63, 3.8) is 0 Å². The number of aldehydes is 3. The highest BCUT2D eigenvalue weighted by atomic mass is 19.4. The second-order valence-corrected chi connectivity index (χ2v) is 13.3. The minimum absolute atomic E-state index is 0.0875. The zero-order valence-corrected chi connectivity index (χ0v) is 31.2. The Kier molecular flexibility index (Phi) is 15.2.